The molecule has 2 rings (SSSR count). The second kappa shape index (κ2) is 5.56. The van der Waals surface area contributed by atoms with E-state index in [0.717, 1.165) is 12.0 Å². The second-order valence-corrected chi connectivity index (χ2v) is 4.26. The van der Waals surface area contributed by atoms with Gasteiger partial charge < -0.3 is 15.5 Å². The molecule has 19 heavy (non-hydrogen) atoms. The average Bonchev–Trinajstić information content (AvgIpc) is 2.42. The van der Waals surface area contributed by atoms with Crippen LogP contribution in [0.3, 0.4) is 0 Å². The molecule has 100 valence electrons. The topological polar surface area (TPSA) is 81.0 Å². The van der Waals surface area contributed by atoms with Gasteiger partial charge >= 0.3 is 0 Å². The molecule has 2 aromatic rings. The Kier molecular flexibility index (Phi) is 3.85. The lowest BCUT2D eigenvalue weighted by atomic mass is 10.1. The van der Waals surface area contributed by atoms with Crippen molar-refractivity contribution in [1.82, 2.24) is 9.97 Å². The highest BCUT2D eigenvalue weighted by atomic mass is 16.5. The molecule has 0 spiro atoms. The van der Waals surface area contributed by atoms with Gasteiger partial charge in [0.2, 0.25) is 0 Å². The summed E-state index contributed by atoms with van der Waals surface area (Å²) >= 11 is 0. The molecule has 0 aliphatic heterocycles. The SMILES string of the molecule is CCCc1c(N)nc(-c2cccc(OC)c2)[nH]c1=O. The molecule has 0 atom stereocenters. The van der Waals surface area contributed by atoms with Crippen molar-refractivity contribution in [2.45, 2.75) is 19.8 Å². The Morgan fingerprint density at radius 1 is 1.42 bits per heavy atom. The number of hydrogen-bond acceptors (Lipinski definition) is 4. The number of ether oxygens (including phenoxy) is 1. The van der Waals surface area contributed by atoms with Crippen LogP contribution < -0.4 is 16.0 Å². The van der Waals surface area contributed by atoms with Gasteiger partial charge in [-0.15, -0.1) is 0 Å². The van der Waals surface area contributed by atoms with Crippen molar-refractivity contribution in [3.05, 3.63) is 40.2 Å². The number of hydrogen-bond donors (Lipinski definition) is 2. The standard InChI is InChI=1S/C14H17N3O2/c1-3-5-11-12(15)16-13(17-14(11)18)9-6-4-7-10(8-9)19-2/h4,6-8H,3,5H2,1-2H3,(H3,15,16,17,18). The van der Waals surface area contributed by atoms with E-state index in [0.29, 0.717) is 29.4 Å². The van der Waals surface area contributed by atoms with Crippen molar-refractivity contribution in [2.24, 2.45) is 0 Å². The fourth-order valence-electron chi connectivity index (χ4n) is 1.91. The molecule has 1 aromatic heterocycles. The molecule has 3 N–H and O–H groups in total. The molecule has 0 radical (unpaired) electrons. The number of methoxy groups -OCH3 is 1. The normalized spacial score (nSPS) is 10.4. The second-order valence-electron chi connectivity index (χ2n) is 4.26. The van der Waals surface area contributed by atoms with E-state index in [4.69, 9.17) is 10.5 Å². The molecule has 0 saturated carbocycles. The van der Waals surface area contributed by atoms with Crippen LogP contribution in [0.2, 0.25) is 0 Å². The first-order valence-electron chi connectivity index (χ1n) is 6.18. The maximum Gasteiger partial charge on any atom is 0.256 e. The Morgan fingerprint density at radius 2 is 2.21 bits per heavy atom. The summed E-state index contributed by atoms with van der Waals surface area (Å²) in [4.78, 5) is 19.0. The van der Waals surface area contributed by atoms with E-state index < -0.39 is 0 Å². The Labute approximate surface area is 111 Å². The number of nitrogens with one attached hydrogen (secondary N) is 1. The van der Waals surface area contributed by atoms with E-state index in [2.05, 4.69) is 9.97 Å². The fourth-order valence-corrected chi connectivity index (χ4v) is 1.91. The van der Waals surface area contributed by atoms with Gasteiger partial charge in [0, 0.05) is 5.56 Å². The Bertz CT molecular complexity index is 635. The van der Waals surface area contributed by atoms with Crippen LogP contribution in [0, 0.1) is 0 Å². The highest BCUT2D eigenvalue weighted by Gasteiger charge is 2.09. The van der Waals surface area contributed by atoms with Gasteiger partial charge in [0.25, 0.3) is 5.56 Å². The number of nitrogens with two attached hydrogens (primary N) is 1. The Hall–Kier alpha value is -2.30. The van der Waals surface area contributed by atoms with E-state index in [9.17, 15) is 4.79 Å². The number of aromatic nitrogens is 2. The first-order chi connectivity index (χ1) is 9.15. The van der Waals surface area contributed by atoms with E-state index in [1.807, 2.05) is 25.1 Å². The number of rotatable bonds is 4. The van der Waals surface area contributed by atoms with Crippen LogP contribution in [-0.2, 0) is 6.42 Å². The van der Waals surface area contributed by atoms with Crippen molar-refractivity contribution >= 4 is 5.82 Å². The average molecular weight is 259 g/mol. The molecular weight excluding hydrogens is 242 g/mol. The van der Waals surface area contributed by atoms with Gasteiger partial charge in [-0.25, -0.2) is 4.98 Å². The van der Waals surface area contributed by atoms with Gasteiger partial charge in [-0.1, -0.05) is 25.5 Å². The lowest BCUT2D eigenvalue weighted by molar-refractivity contribution is 0.415. The molecule has 0 aliphatic rings. The predicted molar refractivity (Wildman–Crippen MR) is 75.3 cm³/mol. The summed E-state index contributed by atoms with van der Waals surface area (Å²) in [5.41, 5.74) is 7.00. The van der Waals surface area contributed by atoms with Gasteiger partial charge in [-0.05, 0) is 18.6 Å². The number of nitrogens with zero attached hydrogens (tertiary/aromatic N) is 1. The minimum atomic E-state index is -0.174. The van der Waals surface area contributed by atoms with Gasteiger partial charge in [-0.2, -0.15) is 0 Å². The minimum Gasteiger partial charge on any atom is -0.497 e. The Balaban J connectivity index is 2.48. The molecule has 1 heterocycles. The zero-order chi connectivity index (χ0) is 13.8. The molecule has 0 aliphatic carbocycles. The Morgan fingerprint density at radius 3 is 2.84 bits per heavy atom. The van der Waals surface area contributed by atoms with Gasteiger partial charge in [0.05, 0.1) is 12.7 Å². The summed E-state index contributed by atoms with van der Waals surface area (Å²) < 4.78 is 5.15. The first kappa shape index (κ1) is 13.1. The third-order valence-electron chi connectivity index (χ3n) is 2.89. The van der Waals surface area contributed by atoms with E-state index in [1.165, 1.54) is 0 Å². The molecule has 1 aromatic carbocycles. The van der Waals surface area contributed by atoms with Crippen molar-refractivity contribution in [1.29, 1.82) is 0 Å². The van der Waals surface area contributed by atoms with Crippen LogP contribution >= 0.6 is 0 Å². The number of aromatic amines is 1. The summed E-state index contributed by atoms with van der Waals surface area (Å²) in [6.45, 7) is 1.99. The quantitative estimate of drug-likeness (QED) is 0.879. The molecular formula is C14H17N3O2. The number of anilines is 1. The molecule has 0 saturated heterocycles. The van der Waals surface area contributed by atoms with E-state index >= 15 is 0 Å². The van der Waals surface area contributed by atoms with Gasteiger partial charge in [0.15, 0.2) is 0 Å². The third-order valence-corrected chi connectivity index (χ3v) is 2.89. The monoisotopic (exact) mass is 259 g/mol. The smallest absolute Gasteiger partial charge is 0.256 e. The molecule has 5 nitrogen and oxygen atoms in total. The van der Waals surface area contributed by atoms with Crippen LogP contribution in [0.4, 0.5) is 5.82 Å². The third kappa shape index (κ3) is 2.76. The van der Waals surface area contributed by atoms with Crippen molar-refractivity contribution < 1.29 is 4.74 Å². The van der Waals surface area contributed by atoms with Gasteiger partial charge in [-0.3, -0.25) is 4.79 Å². The number of nitrogen functional groups attached to an aromatic ring is 1. The van der Waals surface area contributed by atoms with Crippen LogP contribution in [0.5, 0.6) is 5.75 Å². The van der Waals surface area contributed by atoms with Crippen molar-refractivity contribution in [2.75, 3.05) is 12.8 Å². The molecule has 0 bridgehead atoms. The van der Waals surface area contributed by atoms with Crippen LogP contribution in [-0.4, -0.2) is 17.1 Å². The summed E-state index contributed by atoms with van der Waals surface area (Å²) in [5.74, 6) is 1.46. The largest absolute Gasteiger partial charge is 0.497 e. The first-order valence-corrected chi connectivity index (χ1v) is 6.18. The lowest BCUT2D eigenvalue weighted by Crippen LogP contribution is -2.18. The highest BCUT2D eigenvalue weighted by Crippen LogP contribution is 2.21. The minimum absolute atomic E-state index is 0.174. The summed E-state index contributed by atoms with van der Waals surface area (Å²) in [5, 5.41) is 0. The maximum atomic E-state index is 12.0. The molecule has 0 fully saturated rings. The highest BCUT2D eigenvalue weighted by molar-refractivity contribution is 5.59. The summed E-state index contributed by atoms with van der Waals surface area (Å²) in [6.07, 6.45) is 1.49. The van der Waals surface area contributed by atoms with Crippen molar-refractivity contribution in [3.8, 4) is 17.1 Å². The maximum absolute atomic E-state index is 12.0. The predicted octanol–water partition coefficient (Wildman–Crippen LogP) is 1.98. The number of H-pyrrole nitrogens is 1. The van der Waals surface area contributed by atoms with Crippen LogP contribution in [0.1, 0.15) is 18.9 Å². The van der Waals surface area contributed by atoms with E-state index in [1.54, 1.807) is 13.2 Å². The van der Waals surface area contributed by atoms with Crippen molar-refractivity contribution in [3.63, 3.8) is 0 Å². The summed E-state index contributed by atoms with van der Waals surface area (Å²) in [7, 11) is 1.59. The zero-order valence-corrected chi connectivity index (χ0v) is 11.1. The molecule has 0 unspecified atom stereocenters. The molecule has 5 heteroatoms. The summed E-state index contributed by atoms with van der Waals surface area (Å²) in [6, 6.07) is 7.32. The molecule has 0 amide bonds. The van der Waals surface area contributed by atoms with Crippen LogP contribution in [0.15, 0.2) is 29.1 Å². The lowest BCUT2D eigenvalue weighted by Gasteiger charge is -2.07. The fraction of sp³-hybridized carbons (Fsp3) is 0.286. The zero-order valence-electron chi connectivity index (χ0n) is 11.1. The van der Waals surface area contributed by atoms with Gasteiger partial charge in [0.1, 0.15) is 17.4 Å². The van der Waals surface area contributed by atoms with E-state index in [-0.39, 0.29) is 5.56 Å². The van der Waals surface area contributed by atoms with Crippen LogP contribution in [0.25, 0.3) is 11.4 Å². The number of benzene rings is 1.